The molecule has 6 heteroatoms. The number of nitrogens with one attached hydrogen (secondary N) is 1. The monoisotopic (exact) mass is 228 g/mol. The molecule has 84 valence electrons. The van der Waals surface area contributed by atoms with Crippen LogP contribution in [-0.2, 0) is 4.74 Å². The first-order chi connectivity index (χ1) is 7.24. The van der Waals surface area contributed by atoms with Crippen LogP contribution >= 0.6 is 12.2 Å². The zero-order valence-corrected chi connectivity index (χ0v) is 9.88. The molecule has 1 aromatic heterocycles. The fourth-order valence-electron chi connectivity index (χ4n) is 1.56. The van der Waals surface area contributed by atoms with Gasteiger partial charge in [-0.1, -0.05) is 0 Å². The molecule has 0 aromatic carbocycles. The average molecular weight is 228 g/mol. The van der Waals surface area contributed by atoms with E-state index in [-0.39, 0.29) is 0 Å². The van der Waals surface area contributed by atoms with Crippen molar-refractivity contribution in [2.24, 2.45) is 0 Å². The van der Waals surface area contributed by atoms with Crippen LogP contribution in [0.15, 0.2) is 0 Å². The van der Waals surface area contributed by atoms with Crippen molar-refractivity contribution in [2.45, 2.75) is 18.9 Å². The summed E-state index contributed by atoms with van der Waals surface area (Å²) in [4.78, 5) is 2.06. The summed E-state index contributed by atoms with van der Waals surface area (Å²) in [6.07, 6.45) is 2.41. The Labute approximate surface area is 94.0 Å². The minimum Gasteiger partial charge on any atom is -0.383 e. The minimum absolute atomic E-state index is 0.552. The number of H-pyrrole nitrogens is 1. The highest BCUT2D eigenvalue weighted by Gasteiger charge is 2.28. The third kappa shape index (κ3) is 2.21. The van der Waals surface area contributed by atoms with Crippen LogP contribution in [-0.4, -0.2) is 42.1 Å². The SMILES string of the molecule is COCCN(C)c1n[nH]c(=S)n1C1CC1. The highest BCUT2D eigenvalue weighted by atomic mass is 32.1. The summed E-state index contributed by atoms with van der Waals surface area (Å²) in [6.45, 7) is 1.52. The van der Waals surface area contributed by atoms with Crippen molar-refractivity contribution >= 4 is 18.2 Å². The van der Waals surface area contributed by atoms with Gasteiger partial charge in [-0.15, -0.1) is 5.10 Å². The van der Waals surface area contributed by atoms with Crippen LogP contribution in [0.5, 0.6) is 0 Å². The van der Waals surface area contributed by atoms with E-state index in [4.69, 9.17) is 17.0 Å². The smallest absolute Gasteiger partial charge is 0.225 e. The van der Waals surface area contributed by atoms with Crippen molar-refractivity contribution in [2.75, 3.05) is 32.2 Å². The molecule has 1 heterocycles. The predicted octanol–water partition coefficient (Wildman–Crippen LogP) is 1.36. The van der Waals surface area contributed by atoms with E-state index in [1.165, 1.54) is 12.8 Å². The van der Waals surface area contributed by atoms with Gasteiger partial charge in [-0.25, -0.2) is 5.10 Å². The number of aromatic amines is 1. The van der Waals surface area contributed by atoms with Crippen LogP contribution in [0.25, 0.3) is 0 Å². The molecule has 1 aromatic rings. The first kappa shape index (κ1) is 10.6. The summed E-state index contributed by atoms with van der Waals surface area (Å²) < 4.78 is 7.86. The number of anilines is 1. The highest BCUT2D eigenvalue weighted by molar-refractivity contribution is 7.71. The molecule has 1 aliphatic carbocycles. The molecular formula is C9H16N4OS. The zero-order valence-electron chi connectivity index (χ0n) is 9.06. The van der Waals surface area contributed by atoms with E-state index in [1.807, 2.05) is 7.05 Å². The van der Waals surface area contributed by atoms with Gasteiger partial charge in [0.1, 0.15) is 0 Å². The Morgan fingerprint density at radius 3 is 3.00 bits per heavy atom. The molecule has 1 aliphatic rings. The summed E-state index contributed by atoms with van der Waals surface area (Å²) in [5.74, 6) is 0.916. The van der Waals surface area contributed by atoms with Crippen molar-refractivity contribution in [3.05, 3.63) is 4.77 Å². The Morgan fingerprint density at radius 1 is 1.67 bits per heavy atom. The lowest BCUT2D eigenvalue weighted by Crippen LogP contribution is -2.25. The quantitative estimate of drug-likeness (QED) is 0.773. The Balaban J connectivity index is 2.16. The fourth-order valence-corrected chi connectivity index (χ4v) is 1.83. The molecule has 15 heavy (non-hydrogen) atoms. The standard InChI is InChI=1S/C9H16N4OS/c1-12(5-6-14-2)8-10-11-9(15)13(8)7-3-4-7/h7H,3-6H2,1-2H3,(H,11,15). The predicted molar refractivity (Wildman–Crippen MR) is 60.8 cm³/mol. The second-order valence-corrected chi connectivity index (χ2v) is 4.23. The fraction of sp³-hybridized carbons (Fsp3) is 0.778. The molecule has 0 unspecified atom stereocenters. The first-order valence-corrected chi connectivity index (χ1v) is 5.52. The maximum absolute atomic E-state index is 5.21. The maximum atomic E-state index is 5.21. The van der Waals surface area contributed by atoms with Crippen molar-refractivity contribution in [3.8, 4) is 0 Å². The van der Waals surface area contributed by atoms with Crippen LogP contribution in [0.3, 0.4) is 0 Å². The molecule has 2 rings (SSSR count). The van der Waals surface area contributed by atoms with Crippen LogP contribution in [0.1, 0.15) is 18.9 Å². The van der Waals surface area contributed by atoms with Gasteiger partial charge in [-0.05, 0) is 25.1 Å². The Morgan fingerprint density at radius 2 is 2.40 bits per heavy atom. The number of aromatic nitrogens is 3. The molecule has 0 saturated heterocycles. The van der Waals surface area contributed by atoms with E-state index in [0.717, 1.165) is 17.3 Å². The van der Waals surface area contributed by atoms with E-state index in [1.54, 1.807) is 7.11 Å². The Kier molecular flexibility index (Phi) is 3.06. The minimum atomic E-state index is 0.552. The van der Waals surface area contributed by atoms with Gasteiger partial charge in [-0.3, -0.25) is 4.57 Å². The highest BCUT2D eigenvalue weighted by Crippen LogP contribution is 2.37. The van der Waals surface area contributed by atoms with Crippen LogP contribution in [0.2, 0.25) is 0 Å². The van der Waals surface area contributed by atoms with Crippen molar-refractivity contribution in [3.63, 3.8) is 0 Å². The van der Waals surface area contributed by atoms with Crippen molar-refractivity contribution in [1.82, 2.24) is 14.8 Å². The normalized spacial score (nSPS) is 15.6. The first-order valence-electron chi connectivity index (χ1n) is 5.11. The molecular weight excluding hydrogens is 212 g/mol. The van der Waals surface area contributed by atoms with Crippen LogP contribution in [0.4, 0.5) is 5.95 Å². The molecule has 0 aliphatic heterocycles. The van der Waals surface area contributed by atoms with E-state index in [9.17, 15) is 0 Å². The van der Waals surface area contributed by atoms with Gasteiger partial charge in [0.15, 0.2) is 4.77 Å². The number of methoxy groups -OCH3 is 1. The molecule has 1 N–H and O–H groups in total. The van der Waals surface area contributed by atoms with Crippen molar-refractivity contribution < 1.29 is 4.74 Å². The summed E-state index contributed by atoms with van der Waals surface area (Å²) >= 11 is 5.21. The average Bonchev–Trinajstić information content (AvgIpc) is 2.99. The summed E-state index contributed by atoms with van der Waals surface area (Å²) in [5, 5.41) is 7.10. The van der Waals surface area contributed by atoms with E-state index >= 15 is 0 Å². The van der Waals surface area contributed by atoms with Gasteiger partial charge < -0.3 is 9.64 Å². The second kappa shape index (κ2) is 4.32. The molecule has 0 amide bonds. The Bertz CT molecular complexity index is 382. The molecule has 1 fully saturated rings. The van der Waals surface area contributed by atoms with Gasteiger partial charge in [-0.2, -0.15) is 0 Å². The largest absolute Gasteiger partial charge is 0.383 e. The lowest BCUT2D eigenvalue weighted by Gasteiger charge is -2.17. The number of hydrogen-bond donors (Lipinski definition) is 1. The third-order valence-corrected chi connectivity index (χ3v) is 2.86. The van der Waals surface area contributed by atoms with Gasteiger partial charge >= 0.3 is 0 Å². The van der Waals surface area contributed by atoms with Crippen LogP contribution < -0.4 is 4.90 Å². The van der Waals surface area contributed by atoms with E-state index in [2.05, 4.69) is 19.7 Å². The molecule has 0 bridgehead atoms. The van der Waals surface area contributed by atoms with E-state index in [0.29, 0.717) is 12.6 Å². The zero-order chi connectivity index (χ0) is 10.8. The molecule has 0 spiro atoms. The topological polar surface area (TPSA) is 46.1 Å². The Hall–Kier alpha value is -0.880. The van der Waals surface area contributed by atoms with Gasteiger partial charge in [0.2, 0.25) is 5.95 Å². The summed E-state index contributed by atoms with van der Waals surface area (Å²) in [7, 11) is 3.70. The summed E-state index contributed by atoms with van der Waals surface area (Å²) in [6, 6.07) is 0.552. The van der Waals surface area contributed by atoms with Crippen LogP contribution in [0, 0.1) is 4.77 Å². The van der Waals surface area contributed by atoms with E-state index < -0.39 is 0 Å². The van der Waals surface area contributed by atoms with Gasteiger partial charge in [0.25, 0.3) is 0 Å². The molecule has 0 radical (unpaired) electrons. The van der Waals surface area contributed by atoms with Gasteiger partial charge in [0.05, 0.1) is 6.61 Å². The second-order valence-electron chi connectivity index (χ2n) is 3.84. The number of likely N-dealkylation sites (N-methyl/N-ethyl adjacent to an activating group) is 1. The maximum Gasteiger partial charge on any atom is 0.225 e. The number of ether oxygens (including phenoxy) is 1. The molecule has 0 atom stereocenters. The van der Waals surface area contributed by atoms with Crippen molar-refractivity contribution in [1.29, 1.82) is 0 Å². The lowest BCUT2D eigenvalue weighted by atomic mass is 10.6. The van der Waals surface area contributed by atoms with Gasteiger partial charge in [0, 0.05) is 26.7 Å². The molecule has 5 nitrogen and oxygen atoms in total. The number of hydrogen-bond acceptors (Lipinski definition) is 4. The molecule has 1 saturated carbocycles. The summed E-state index contributed by atoms with van der Waals surface area (Å²) in [5.41, 5.74) is 0. The number of rotatable bonds is 5. The third-order valence-electron chi connectivity index (χ3n) is 2.57. The number of nitrogens with zero attached hydrogens (tertiary/aromatic N) is 3. The lowest BCUT2D eigenvalue weighted by molar-refractivity contribution is 0.206.